The minimum Gasteiger partial charge on any atom is -0.497 e. The van der Waals surface area contributed by atoms with Gasteiger partial charge in [-0.2, -0.15) is 0 Å². The molecular formula is C16H24O2. The zero-order chi connectivity index (χ0) is 13.0. The molecule has 2 nitrogen and oxygen atoms in total. The fourth-order valence-electron chi connectivity index (χ4n) is 3.15. The minimum absolute atomic E-state index is 0.111. The standard InChI is InChI=1S/C16H24O2/c1-4-16(5-2)14(10-11-18-16)12-13-6-8-15(17-3)9-7-13/h6-9,14H,4-5,10-12H2,1-3H3. The summed E-state index contributed by atoms with van der Waals surface area (Å²) in [6.07, 6.45) is 4.54. The fourth-order valence-corrected chi connectivity index (χ4v) is 3.15. The Kier molecular flexibility index (Phi) is 4.28. The molecule has 0 saturated carbocycles. The lowest BCUT2D eigenvalue weighted by Gasteiger charge is -2.32. The topological polar surface area (TPSA) is 18.5 Å². The van der Waals surface area contributed by atoms with Crippen molar-refractivity contribution in [2.24, 2.45) is 5.92 Å². The van der Waals surface area contributed by atoms with E-state index >= 15 is 0 Å². The molecule has 18 heavy (non-hydrogen) atoms. The van der Waals surface area contributed by atoms with Crippen molar-refractivity contribution in [3.63, 3.8) is 0 Å². The summed E-state index contributed by atoms with van der Waals surface area (Å²) in [6.45, 7) is 5.41. The van der Waals surface area contributed by atoms with Crippen LogP contribution in [0.2, 0.25) is 0 Å². The summed E-state index contributed by atoms with van der Waals surface area (Å²) in [7, 11) is 1.71. The van der Waals surface area contributed by atoms with Gasteiger partial charge in [0.2, 0.25) is 0 Å². The van der Waals surface area contributed by atoms with E-state index in [0.717, 1.165) is 31.6 Å². The second kappa shape index (κ2) is 5.75. The predicted octanol–water partition coefficient (Wildman–Crippen LogP) is 3.83. The summed E-state index contributed by atoms with van der Waals surface area (Å²) in [5.41, 5.74) is 1.50. The second-order valence-electron chi connectivity index (χ2n) is 5.16. The maximum atomic E-state index is 6.04. The summed E-state index contributed by atoms with van der Waals surface area (Å²) in [5.74, 6) is 1.58. The molecule has 1 aliphatic rings. The van der Waals surface area contributed by atoms with Gasteiger partial charge in [0.05, 0.1) is 12.7 Å². The van der Waals surface area contributed by atoms with Crippen LogP contribution >= 0.6 is 0 Å². The molecule has 0 N–H and O–H groups in total. The molecular weight excluding hydrogens is 224 g/mol. The average molecular weight is 248 g/mol. The van der Waals surface area contributed by atoms with Crippen molar-refractivity contribution in [2.75, 3.05) is 13.7 Å². The molecule has 1 atom stereocenters. The highest BCUT2D eigenvalue weighted by atomic mass is 16.5. The van der Waals surface area contributed by atoms with Crippen molar-refractivity contribution in [1.82, 2.24) is 0 Å². The zero-order valence-electron chi connectivity index (χ0n) is 11.7. The summed E-state index contributed by atoms with van der Waals surface area (Å²) >= 11 is 0. The van der Waals surface area contributed by atoms with Crippen molar-refractivity contribution < 1.29 is 9.47 Å². The van der Waals surface area contributed by atoms with Gasteiger partial charge in [0.25, 0.3) is 0 Å². The smallest absolute Gasteiger partial charge is 0.118 e. The summed E-state index contributed by atoms with van der Waals surface area (Å²) in [6, 6.07) is 8.44. The van der Waals surface area contributed by atoms with Crippen LogP contribution < -0.4 is 4.74 Å². The molecule has 1 aromatic rings. The third-order valence-corrected chi connectivity index (χ3v) is 4.44. The van der Waals surface area contributed by atoms with Gasteiger partial charge in [0, 0.05) is 6.61 Å². The predicted molar refractivity (Wildman–Crippen MR) is 74.1 cm³/mol. The molecule has 0 amide bonds. The van der Waals surface area contributed by atoms with Crippen LogP contribution in [-0.4, -0.2) is 19.3 Å². The molecule has 0 aromatic heterocycles. The number of hydrogen-bond acceptors (Lipinski definition) is 2. The van der Waals surface area contributed by atoms with Gasteiger partial charge < -0.3 is 9.47 Å². The highest BCUT2D eigenvalue weighted by Crippen LogP contribution is 2.39. The van der Waals surface area contributed by atoms with Crippen LogP contribution in [0.5, 0.6) is 5.75 Å². The van der Waals surface area contributed by atoms with E-state index in [9.17, 15) is 0 Å². The Labute approximate surface area is 110 Å². The molecule has 0 bridgehead atoms. The lowest BCUT2D eigenvalue weighted by Crippen LogP contribution is -2.35. The summed E-state index contributed by atoms with van der Waals surface area (Å²) < 4.78 is 11.2. The number of rotatable bonds is 5. The van der Waals surface area contributed by atoms with E-state index in [1.54, 1.807) is 7.11 Å². The average Bonchev–Trinajstić information content (AvgIpc) is 2.83. The van der Waals surface area contributed by atoms with Crippen LogP contribution in [-0.2, 0) is 11.2 Å². The van der Waals surface area contributed by atoms with Crippen molar-refractivity contribution in [3.8, 4) is 5.75 Å². The zero-order valence-corrected chi connectivity index (χ0v) is 11.7. The number of ether oxygens (including phenoxy) is 2. The van der Waals surface area contributed by atoms with Gasteiger partial charge in [-0.15, -0.1) is 0 Å². The first-order valence-electron chi connectivity index (χ1n) is 7.01. The van der Waals surface area contributed by atoms with Gasteiger partial charge in [-0.25, -0.2) is 0 Å². The maximum Gasteiger partial charge on any atom is 0.118 e. The van der Waals surface area contributed by atoms with Crippen molar-refractivity contribution >= 4 is 0 Å². The molecule has 1 aromatic carbocycles. The third-order valence-electron chi connectivity index (χ3n) is 4.44. The van der Waals surface area contributed by atoms with Gasteiger partial charge in [0.15, 0.2) is 0 Å². The molecule has 1 aliphatic heterocycles. The number of hydrogen-bond donors (Lipinski definition) is 0. The van der Waals surface area contributed by atoms with Crippen LogP contribution in [0, 0.1) is 5.92 Å². The van der Waals surface area contributed by atoms with Gasteiger partial charge in [-0.3, -0.25) is 0 Å². The molecule has 0 radical (unpaired) electrons. The lowest BCUT2D eigenvalue weighted by atomic mass is 9.79. The van der Waals surface area contributed by atoms with Crippen molar-refractivity contribution in [3.05, 3.63) is 29.8 Å². The highest BCUT2D eigenvalue weighted by molar-refractivity contribution is 5.27. The number of methoxy groups -OCH3 is 1. The summed E-state index contributed by atoms with van der Waals surface area (Å²) in [5, 5.41) is 0. The molecule has 0 spiro atoms. The largest absolute Gasteiger partial charge is 0.497 e. The molecule has 1 unspecified atom stereocenters. The van der Waals surface area contributed by atoms with E-state index < -0.39 is 0 Å². The second-order valence-corrected chi connectivity index (χ2v) is 5.16. The lowest BCUT2D eigenvalue weighted by molar-refractivity contribution is -0.0279. The minimum atomic E-state index is 0.111. The van der Waals surface area contributed by atoms with E-state index in [4.69, 9.17) is 9.47 Å². The molecule has 2 rings (SSSR count). The van der Waals surface area contributed by atoms with Crippen molar-refractivity contribution in [1.29, 1.82) is 0 Å². The van der Waals surface area contributed by atoms with Crippen LogP contribution in [0.25, 0.3) is 0 Å². The van der Waals surface area contributed by atoms with E-state index in [0.29, 0.717) is 5.92 Å². The van der Waals surface area contributed by atoms with E-state index in [1.807, 2.05) is 12.1 Å². The van der Waals surface area contributed by atoms with Crippen LogP contribution in [0.3, 0.4) is 0 Å². The van der Waals surface area contributed by atoms with E-state index in [-0.39, 0.29) is 5.60 Å². The first-order chi connectivity index (χ1) is 8.74. The van der Waals surface area contributed by atoms with Gasteiger partial charge in [-0.05, 0) is 49.3 Å². The van der Waals surface area contributed by atoms with Crippen LogP contribution in [0.4, 0.5) is 0 Å². The quantitative estimate of drug-likeness (QED) is 0.788. The monoisotopic (exact) mass is 248 g/mol. The van der Waals surface area contributed by atoms with Gasteiger partial charge in [0.1, 0.15) is 5.75 Å². The van der Waals surface area contributed by atoms with Gasteiger partial charge >= 0.3 is 0 Å². The Morgan fingerprint density at radius 2 is 1.89 bits per heavy atom. The molecule has 100 valence electrons. The molecule has 1 heterocycles. The number of benzene rings is 1. The fraction of sp³-hybridized carbons (Fsp3) is 0.625. The Bertz CT molecular complexity index is 365. The SMILES string of the molecule is CCC1(CC)OCCC1Cc1ccc(OC)cc1. The summed E-state index contributed by atoms with van der Waals surface area (Å²) in [4.78, 5) is 0. The molecule has 0 aliphatic carbocycles. The van der Waals surface area contributed by atoms with Crippen LogP contribution in [0.15, 0.2) is 24.3 Å². The Morgan fingerprint density at radius 1 is 1.22 bits per heavy atom. The van der Waals surface area contributed by atoms with Gasteiger partial charge in [-0.1, -0.05) is 26.0 Å². The Balaban J connectivity index is 2.07. The van der Waals surface area contributed by atoms with Crippen molar-refractivity contribution in [2.45, 2.75) is 45.1 Å². The normalized spacial score (nSPS) is 22.1. The van der Waals surface area contributed by atoms with E-state index in [2.05, 4.69) is 26.0 Å². The highest BCUT2D eigenvalue weighted by Gasteiger charge is 2.40. The molecule has 2 heteroatoms. The molecule has 1 fully saturated rings. The van der Waals surface area contributed by atoms with E-state index in [1.165, 1.54) is 12.0 Å². The molecule has 1 saturated heterocycles. The Morgan fingerprint density at radius 3 is 2.44 bits per heavy atom. The first kappa shape index (κ1) is 13.4. The van der Waals surface area contributed by atoms with Crippen LogP contribution in [0.1, 0.15) is 38.7 Å². The maximum absolute atomic E-state index is 6.04. The third kappa shape index (κ3) is 2.54. The first-order valence-corrected chi connectivity index (χ1v) is 7.01. The Hall–Kier alpha value is -1.02.